The minimum atomic E-state index is 1.23. The standard InChI is InChI=1S/C17H27/c1-2-3-4-5-6-7-8-9-11-14-17-15-12-10-13-16-17/h10,12,15-16H,2-9,11,14H2,1H3. The molecule has 0 heteroatoms. The highest BCUT2D eigenvalue weighted by Gasteiger charge is 1.93. The molecule has 0 aromatic heterocycles. The van der Waals surface area contributed by atoms with E-state index < -0.39 is 0 Å². The zero-order chi connectivity index (χ0) is 12.2. The molecule has 0 aliphatic rings. The molecule has 17 heavy (non-hydrogen) atoms. The Morgan fingerprint density at radius 2 is 1.53 bits per heavy atom. The lowest BCUT2D eigenvalue weighted by Gasteiger charge is -2.02. The van der Waals surface area contributed by atoms with Crippen molar-refractivity contribution in [2.75, 3.05) is 0 Å². The minimum Gasteiger partial charge on any atom is -0.0654 e. The molecule has 0 unspecified atom stereocenters. The third kappa shape index (κ3) is 8.01. The first-order valence-corrected chi connectivity index (χ1v) is 7.38. The molecule has 0 spiro atoms. The van der Waals surface area contributed by atoms with Gasteiger partial charge in [0.05, 0.1) is 0 Å². The molecule has 1 aromatic carbocycles. The quantitative estimate of drug-likeness (QED) is 0.462. The molecular formula is C17H27. The number of hydrogen-bond donors (Lipinski definition) is 0. The van der Waals surface area contributed by atoms with Crippen LogP contribution in [0.2, 0.25) is 0 Å². The van der Waals surface area contributed by atoms with Crippen molar-refractivity contribution < 1.29 is 0 Å². The molecule has 0 nitrogen and oxygen atoms in total. The lowest BCUT2D eigenvalue weighted by atomic mass is 10.0. The summed E-state index contributed by atoms with van der Waals surface area (Å²) < 4.78 is 0. The molecule has 0 heterocycles. The summed E-state index contributed by atoms with van der Waals surface area (Å²) in [6.45, 7) is 2.28. The zero-order valence-corrected chi connectivity index (χ0v) is 11.4. The molecule has 0 atom stereocenters. The number of rotatable bonds is 10. The van der Waals surface area contributed by atoms with Crippen LogP contribution in [0.3, 0.4) is 0 Å². The molecular weight excluding hydrogens is 204 g/mol. The van der Waals surface area contributed by atoms with Crippen LogP contribution >= 0.6 is 0 Å². The molecule has 0 saturated heterocycles. The smallest absolute Gasteiger partial charge is 0.0181 e. The van der Waals surface area contributed by atoms with Gasteiger partial charge in [0.1, 0.15) is 0 Å². The average molecular weight is 231 g/mol. The van der Waals surface area contributed by atoms with E-state index in [2.05, 4.69) is 31.2 Å². The summed E-state index contributed by atoms with van der Waals surface area (Å²) in [7, 11) is 0. The highest BCUT2D eigenvalue weighted by atomic mass is 14.0. The summed E-state index contributed by atoms with van der Waals surface area (Å²) in [6.07, 6.45) is 13.9. The first kappa shape index (κ1) is 14.3. The number of benzene rings is 1. The molecule has 0 bridgehead atoms. The van der Waals surface area contributed by atoms with Crippen LogP contribution in [0.15, 0.2) is 24.3 Å². The van der Waals surface area contributed by atoms with Crippen molar-refractivity contribution in [2.24, 2.45) is 0 Å². The molecule has 0 aliphatic carbocycles. The van der Waals surface area contributed by atoms with E-state index in [1.165, 1.54) is 69.8 Å². The highest BCUT2D eigenvalue weighted by Crippen LogP contribution is 2.11. The van der Waals surface area contributed by atoms with E-state index in [-0.39, 0.29) is 0 Å². The van der Waals surface area contributed by atoms with E-state index in [0.717, 1.165) is 0 Å². The third-order valence-corrected chi connectivity index (χ3v) is 3.34. The Labute approximate surface area is 107 Å². The molecule has 0 N–H and O–H groups in total. The van der Waals surface area contributed by atoms with E-state index in [0.29, 0.717) is 0 Å². The van der Waals surface area contributed by atoms with Gasteiger partial charge in [-0.1, -0.05) is 82.6 Å². The van der Waals surface area contributed by atoms with Gasteiger partial charge in [0.25, 0.3) is 0 Å². The van der Waals surface area contributed by atoms with Gasteiger partial charge in [0, 0.05) is 0 Å². The Morgan fingerprint density at radius 3 is 2.12 bits per heavy atom. The Kier molecular flexibility index (Phi) is 8.72. The van der Waals surface area contributed by atoms with Crippen LogP contribution in [0.1, 0.15) is 70.3 Å². The van der Waals surface area contributed by atoms with Gasteiger partial charge in [0.15, 0.2) is 0 Å². The maximum Gasteiger partial charge on any atom is -0.0181 e. The van der Waals surface area contributed by atoms with Gasteiger partial charge in [-0.2, -0.15) is 0 Å². The van der Waals surface area contributed by atoms with Gasteiger partial charge < -0.3 is 0 Å². The van der Waals surface area contributed by atoms with Gasteiger partial charge in [-0.25, -0.2) is 0 Å². The molecule has 0 aliphatic heterocycles. The van der Waals surface area contributed by atoms with Crippen LogP contribution in [0.25, 0.3) is 0 Å². The SMILES string of the molecule is CCCCCCCCCCCc1c[c]ccc1. The van der Waals surface area contributed by atoms with Crippen LogP contribution in [-0.2, 0) is 6.42 Å². The van der Waals surface area contributed by atoms with Crippen molar-refractivity contribution in [2.45, 2.75) is 71.1 Å². The summed E-state index contributed by atoms with van der Waals surface area (Å²) in [6, 6.07) is 11.5. The molecule has 95 valence electrons. The van der Waals surface area contributed by atoms with Gasteiger partial charge in [-0.05, 0) is 24.5 Å². The van der Waals surface area contributed by atoms with E-state index in [9.17, 15) is 0 Å². The molecule has 0 fully saturated rings. The van der Waals surface area contributed by atoms with E-state index in [1.54, 1.807) is 0 Å². The van der Waals surface area contributed by atoms with Gasteiger partial charge in [-0.3, -0.25) is 0 Å². The predicted molar refractivity (Wildman–Crippen MR) is 76.2 cm³/mol. The summed E-state index contributed by atoms with van der Waals surface area (Å²) in [4.78, 5) is 0. The third-order valence-electron chi connectivity index (χ3n) is 3.34. The van der Waals surface area contributed by atoms with Crippen molar-refractivity contribution in [3.63, 3.8) is 0 Å². The van der Waals surface area contributed by atoms with E-state index >= 15 is 0 Å². The second-order valence-electron chi connectivity index (χ2n) is 4.99. The van der Waals surface area contributed by atoms with E-state index in [1.807, 2.05) is 6.07 Å². The molecule has 1 radical (unpaired) electrons. The molecule has 1 aromatic rings. The normalized spacial score (nSPS) is 10.6. The maximum absolute atomic E-state index is 3.14. The van der Waals surface area contributed by atoms with Crippen LogP contribution in [0.4, 0.5) is 0 Å². The monoisotopic (exact) mass is 231 g/mol. The van der Waals surface area contributed by atoms with Crippen molar-refractivity contribution in [3.8, 4) is 0 Å². The van der Waals surface area contributed by atoms with Crippen LogP contribution in [0.5, 0.6) is 0 Å². The zero-order valence-electron chi connectivity index (χ0n) is 11.4. The Balaban J connectivity index is 1.85. The molecule has 0 amide bonds. The predicted octanol–water partition coefficient (Wildman–Crippen LogP) is 5.56. The van der Waals surface area contributed by atoms with Crippen molar-refractivity contribution in [1.82, 2.24) is 0 Å². The van der Waals surface area contributed by atoms with Gasteiger partial charge in [0.2, 0.25) is 0 Å². The van der Waals surface area contributed by atoms with Crippen LogP contribution < -0.4 is 0 Å². The fraction of sp³-hybridized carbons (Fsp3) is 0.647. The highest BCUT2D eigenvalue weighted by molar-refractivity contribution is 5.13. The maximum atomic E-state index is 3.14. The fourth-order valence-corrected chi connectivity index (χ4v) is 2.23. The number of hydrogen-bond acceptors (Lipinski definition) is 0. The first-order valence-electron chi connectivity index (χ1n) is 7.38. The van der Waals surface area contributed by atoms with Crippen molar-refractivity contribution in [1.29, 1.82) is 0 Å². The topological polar surface area (TPSA) is 0 Å². The second kappa shape index (κ2) is 10.4. The Hall–Kier alpha value is -0.780. The first-order chi connectivity index (χ1) is 8.43. The average Bonchev–Trinajstić information content (AvgIpc) is 2.38. The summed E-state index contributed by atoms with van der Waals surface area (Å²) in [5.74, 6) is 0. The summed E-state index contributed by atoms with van der Waals surface area (Å²) in [5.41, 5.74) is 1.44. The second-order valence-corrected chi connectivity index (χ2v) is 4.99. The Morgan fingerprint density at radius 1 is 0.882 bits per heavy atom. The van der Waals surface area contributed by atoms with Crippen molar-refractivity contribution in [3.05, 3.63) is 35.9 Å². The molecule has 0 saturated carbocycles. The van der Waals surface area contributed by atoms with E-state index in [4.69, 9.17) is 0 Å². The van der Waals surface area contributed by atoms with Gasteiger partial charge >= 0.3 is 0 Å². The van der Waals surface area contributed by atoms with Gasteiger partial charge in [-0.15, -0.1) is 0 Å². The van der Waals surface area contributed by atoms with Crippen LogP contribution in [-0.4, -0.2) is 0 Å². The number of unbranched alkanes of at least 4 members (excludes halogenated alkanes) is 8. The number of aryl methyl sites for hydroxylation is 1. The lowest BCUT2D eigenvalue weighted by Crippen LogP contribution is -1.86. The fourth-order valence-electron chi connectivity index (χ4n) is 2.23. The lowest BCUT2D eigenvalue weighted by molar-refractivity contribution is 0.565. The van der Waals surface area contributed by atoms with Crippen LogP contribution in [0, 0.1) is 6.07 Å². The van der Waals surface area contributed by atoms with Crippen molar-refractivity contribution >= 4 is 0 Å². The summed E-state index contributed by atoms with van der Waals surface area (Å²) in [5, 5.41) is 0. The molecule has 1 rings (SSSR count). The minimum absolute atomic E-state index is 1.23. The summed E-state index contributed by atoms with van der Waals surface area (Å²) >= 11 is 0. The Bertz CT molecular complexity index is 250. The largest absolute Gasteiger partial charge is 0.0654 e.